The van der Waals surface area contributed by atoms with E-state index in [9.17, 15) is 9.90 Å². The van der Waals surface area contributed by atoms with Gasteiger partial charge >= 0.3 is 0 Å². The highest BCUT2D eigenvalue weighted by Crippen LogP contribution is 2.14. The first-order valence-electron chi connectivity index (χ1n) is 11.3. The molecule has 0 spiro atoms. The average molecular weight is 376 g/mol. The summed E-state index contributed by atoms with van der Waals surface area (Å²) in [4.78, 5) is 11.9. The zero-order valence-electron chi connectivity index (χ0n) is 17.4. The van der Waals surface area contributed by atoms with Crippen molar-refractivity contribution in [1.82, 2.24) is 0 Å². The van der Waals surface area contributed by atoms with E-state index in [-0.39, 0.29) is 12.0 Å². The largest absolute Gasteiger partial charge is 0.393 e. The highest BCUT2D eigenvalue weighted by atomic mass is 16.3. The molecular formula is C24H41NO2. The molecule has 2 N–H and O–H groups in total. The van der Waals surface area contributed by atoms with Gasteiger partial charge in [-0.05, 0) is 25.0 Å². The lowest BCUT2D eigenvalue weighted by molar-refractivity contribution is -0.116. The van der Waals surface area contributed by atoms with Crippen molar-refractivity contribution in [3.8, 4) is 0 Å². The van der Waals surface area contributed by atoms with Crippen LogP contribution in [0.1, 0.15) is 103 Å². The molecule has 1 unspecified atom stereocenters. The van der Waals surface area contributed by atoms with Crippen LogP contribution in [0.5, 0.6) is 0 Å². The number of aliphatic hydroxyl groups is 1. The van der Waals surface area contributed by atoms with E-state index in [4.69, 9.17) is 0 Å². The monoisotopic (exact) mass is 375 g/mol. The van der Waals surface area contributed by atoms with E-state index in [2.05, 4.69) is 12.2 Å². The number of rotatable bonds is 17. The minimum Gasteiger partial charge on any atom is -0.393 e. The summed E-state index contributed by atoms with van der Waals surface area (Å²) in [5.41, 5.74) is 0.818. The summed E-state index contributed by atoms with van der Waals surface area (Å²) in [5, 5.41) is 12.9. The van der Waals surface area contributed by atoms with E-state index < -0.39 is 0 Å². The number of anilines is 1. The molecule has 27 heavy (non-hydrogen) atoms. The zero-order valence-corrected chi connectivity index (χ0v) is 17.4. The summed E-state index contributed by atoms with van der Waals surface area (Å²) >= 11 is 0. The lowest BCUT2D eigenvalue weighted by Gasteiger charge is -2.10. The summed E-state index contributed by atoms with van der Waals surface area (Å²) in [6.45, 7) is 2.27. The zero-order chi connectivity index (χ0) is 19.6. The molecular weight excluding hydrogens is 334 g/mol. The van der Waals surface area contributed by atoms with Crippen LogP contribution in [0.25, 0.3) is 0 Å². The van der Waals surface area contributed by atoms with Gasteiger partial charge in [-0.25, -0.2) is 0 Å². The van der Waals surface area contributed by atoms with Crippen LogP contribution >= 0.6 is 0 Å². The molecule has 0 bridgehead atoms. The fourth-order valence-electron chi connectivity index (χ4n) is 3.41. The second-order valence-electron chi connectivity index (χ2n) is 7.78. The molecule has 1 atom stereocenters. The Hall–Kier alpha value is -1.35. The fraction of sp³-hybridized carbons (Fsp3) is 0.708. The van der Waals surface area contributed by atoms with Crippen LogP contribution in [-0.2, 0) is 4.79 Å². The fourth-order valence-corrected chi connectivity index (χ4v) is 3.41. The van der Waals surface area contributed by atoms with Gasteiger partial charge in [0.2, 0.25) is 5.91 Å². The van der Waals surface area contributed by atoms with Crippen LogP contribution in [0.2, 0.25) is 0 Å². The summed E-state index contributed by atoms with van der Waals surface area (Å²) in [6.07, 6.45) is 17.3. The number of aliphatic hydroxyl groups excluding tert-OH is 1. The minimum atomic E-state index is -0.352. The maximum atomic E-state index is 11.9. The molecule has 0 aliphatic carbocycles. The van der Waals surface area contributed by atoms with Crippen LogP contribution in [0.3, 0.4) is 0 Å². The predicted molar refractivity (Wildman–Crippen MR) is 116 cm³/mol. The van der Waals surface area contributed by atoms with Crippen molar-refractivity contribution in [3.63, 3.8) is 0 Å². The van der Waals surface area contributed by atoms with Crippen molar-refractivity contribution in [2.45, 2.75) is 109 Å². The summed E-state index contributed by atoms with van der Waals surface area (Å²) < 4.78 is 0. The maximum absolute atomic E-state index is 11.9. The Kier molecular flexibility index (Phi) is 14.7. The number of unbranched alkanes of at least 4 members (excludes halogenated alkanes) is 11. The molecule has 1 rings (SSSR count). The lowest BCUT2D eigenvalue weighted by atomic mass is 10.0. The predicted octanol–water partition coefficient (Wildman–Crippen LogP) is 6.86. The normalized spacial score (nSPS) is 12.1. The third-order valence-corrected chi connectivity index (χ3v) is 5.15. The number of benzene rings is 1. The first-order chi connectivity index (χ1) is 13.2. The Bertz CT molecular complexity index is 461. The third kappa shape index (κ3) is 14.4. The first kappa shape index (κ1) is 23.7. The van der Waals surface area contributed by atoms with Crippen LogP contribution in [-0.4, -0.2) is 17.1 Å². The van der Waals surface area contributed by atoms with Crippen LogP contribution in [0, 0.1) is 0 Å². The highest BCUT2D eigenvalue weighted by molar-refractivity contribution is 5.90. The Morgan fingerprint density at radius 2 is 1.33 bits per heavy atom. The van der Waals surface area contributed by atoms with Gasteiger partial charge in [0, 0.05) is 12.1 Å². The minimum absolute atomic E-state index is 0.0186. The van der Waals surface area contributed by atoms with Crippen LogP contribution in [0.15, 0.2) is 30.3 Å². The van der Waals surface area contributed by atoms with Gasteiger partial charge in [-0.15, -0.1) is 0 Å². The van der Waals surface area contributed by atoms with Crippen LogP contribution < -0.4 is 5.32 Å². The number of carbonyl (C=O) groups is 1. The molecule has 3 heteroatoms. The van der Waals surface area contributed by atoms with Crippen molar-refractivity contribution in [2.75, 3.05) is 5.32 Å². The molecule has 0 saturated carbocycles. The number of amides is 1. The van der Waals surface area contributed by atoms with E-state index in [1.54, 1.807) is 0 Å². The summed E-state index contributed by atoms with van der Waals surface area (Å²) in [5.74, 6) is -0.0186. The number of hydrogen-bond acceptors (Lipinski definition) is 2. The Morgan fingerprint density at radius 1 is 0.815 bits per heavy atom. The number of para-hydroxylation sites is 1. The molecule has 1 aromatic carbocycles. The molecule has 0 fully saturated rings. The van der Waals surface area contributed by atoms with E-state index in [0.29, 0.717) is 12.8 Å². The van der Waals surface area contributed by atoms with Gasteiger partial charge in [0.25, 0.3) is 0 Å². The maximum Gasteiger partial charge on any atom is 0.224 e. The topological polar surface area (TPSA) is 49.3 Å². The standard InChI is InChI=1S/C24H41NO2/c1-2-3-4-5-6-7-8-9-10-11-12-16-19-23(26)20-21-24(27)25-22-17-14-13-15-18-22/h13-15,17-18,23,26H,2-12,16,19-21H2,1H3,(H,25,27). The van der Waals surface area contributed by atoms with E-state index in [1.165, 1.54) is 70.6 Å². The van der Waals surface area contributed by atoms with Gasteiger partial charge in [0.05, 0.1) is 6.10 Å². The second kappa shape index (κ2) is 16.8. The van der Waals surface area contributed by atoms with Crippen molar-refractivity contribution < 1.29 is 9.90 Å². The van der Waals surface area contributed by atoms with Crippen molar-refractivity contribution in [3.05, 3.63) is 30.3 Å². The molecule has 1 aromatic rings. The molecule has 0 aliphatic heterocycles. The average Bonchev–Trinajstić information content (AvgIpc) is 2.68. The summed E-state index contributed by atoms with van der Waals surface area (Å²) in [7, 11) is 0. The quantitative estimate of drug-likeness (QED) is 0.292. The first-order valence-corrected chi connectivity index (χ1v) is 11.3. The lowest BCUT2D eigenvalue weighted by Crippen LogP contribution is -2.15. The smallest absolute Gasteiger partial charge is 0.224 e. The molecule has 0 saturated heterocycles. The third-order valence-electron chi connectivity index (χ3n) is 5.15. The number of nitrogens with one attached hydrogen (secondary N) is 1. The van der Waals surface area contributed by atoms with Gasteiger partial charge in [0.15, 0.2) is 0 Å². The van der Waals surface area contributed by atoms with Crippen molar-refractivity contribution in [1.29, 1.82) is 0 Å². The molecule has 1 amide bonds. The van der Waals surface area contributed by atoms with E-state index >= 15 is 0 Å². The van der Waals surface area contributed by atoms with Crippen molar-refractivity contribution >= 4 is 11.6 Å². The van der Waals surface area contributed by atoms with Gasteiger partial charge in [-0.2, -0.15) is 0 Å². The second-order valence-corrected chi connectivity index (χ2v) is 7.78. The van der Waals surface area contributed by atoms with Gasteiger partial charge < -0.3 is 10.4 Å². The highest BCUT2D eigenvalue weighted by Gasteiger charge is 2.08. The Balaban J connectivity index is 1.87. The Labute approximate surface area is 167 Å². The molecule has 0 aromatic heterocycles. The SMILES string of the molecule is CCCCCCCCCCCCCCC(O)CCC(=O)Nc1ccccc1. The molecule has 0 heterocycles. The Morgan fingerprint density at radius 3 is 1.89 bits per heavy atom. The summed E-state index contributed by atoms with van der Waals surface area (Å²) in [6, 6.07) is 9.48. The van der Waals surface area contributed by atoms with Crippen LogP contribution in [0.4, 0.5) is 5.69 Å². The molecule has 154 valence electrons. The van der Waals surface area contributed by atoms with Crippen molar-refractivity contribution in [2.24, 2.45) is 0 Å². The van der Waals surface area contributed by atoms with Gasteiger partial charge in [0.1, 0.15) is 0 Å². The van der Waals surface area contributed by atoms with E-state index in [0.717, 1.165) is 18.5 Å². The number of carbonyl (C=O) groups excluding carboxylic acids is 1. The van der Waals surface area contributed by atoms with E-state index in [1.807, 2.05) is 30.3 Å². The number of hydrogen-bond donors (Lipinski definition) is 2. The van der Waals surface area contributed by atoms with Gasteiger partial charge in [-0.1, -0.05) is 102 Å². The van der Waals surface area contributed by atoms with Gasteiger partial charge in [-0.3, -0.25) is 4.79 Å². The molecule has 0 radical (unpaired) electrons. The molecule has 3 nitrogen and oxygen atoms in total. The molecule has 0 aliphatic rings.